The Balaban J connectivity index is 0. The molecule has 0 spiro atoms. The van der Waals surface area contributed by atoms with E-state index < -0.39 is 31.5 Å². The fourth-order valence-corrected chi connectivity index (χ4v) is 2.98. The largest absolute Gasteiger partial charge is 0.508 e. The number of hydrogen-bond donors (Lipinski definition) is 8. The maximum absolute atomic E-state index is 11.8. The van der Waals surface area contributed by atoms with Gasteiger partial charge in [0.25, 0.3) is 0 Å². The van der Waals surface area contributed by atoms with Crippen LogP contribution >= 0.6 is 0 Å². The Bertz CT molecular complexity index is 709. The first-order valence-electron chi connectivity index (χ1n) is 11.6. The molecule has 0 aliphatic heterocycles. The Morgan fingerprint density at radius 1 is 0.971 bits per heavy atom. The molecule has 10 nitrogen and oxygen atoms in total. The van der Waals surface area contributed by atoms with Crippen LogP contribution in [-0.4, -0.2) is 80.2 Å². The molecule has 1 atom stereocenters. The normalized spacial score (nSPS) is 12.7. The zero-order valence-corrected chi connectivity index (χ0v) is 25.7. The minimum Gasteiger partial charge on any atom is -0.508 e. The van der Waals surface area contributed by atoms with E-state index in [0.29, 0.717) is 25.1 Å². The second-order valence-corrected chi connectivity index (χ2v) is 21.3. The summed E-state index contributed by atoms with van der Waals surface area (Å²) in [7, 11) is -5.88. The number of rotatable bonds is 10. The Hall–Kier alpha value is -1.30. The summed E-state index contributed by atoms with van der Waals surface area (Å²) < 4.78 is 4.77. The molecule has 0 aliphatic carbocycles. The zero-order chi connectivity index (χ0) is 28.0. The summed E-state index contributed by atoms with van der Waals surface area (Å²) in [6.07, 6.45) is 0.405. The van der Waals surface area contributed by atoms with Gasteiger partial charge in [0.15, 0.2) is 16.6 Å². The zero-order valence-electron chi connectivity index (χ0n) is 22.7. The molecular formula is C22H48N2O8Si3. The van der Waals surface area contributed by atoms with Gasteiger partial charge < -0.3 is 39.1 Å². The highest BCUT2D eigenvalue weighted by Gasteiger charge is 2.25. The molecule has 1 unspecified atom stereocenters. The van der Waals surface area contributed by atoms with E-state index in [9.17, 15) is 9.90 Å². The fourth-order valence-electron chi connectivity index (χ4n) is 2.33. The monoisotopic (exact) mass is 552 g/mol. The molecule has 0 amide bonds. The third kappa shape index (κ3) is 25.6. The lowest BCUT2D eigenvalue weighted by Gasteiger charge is -2.20. The van der Waals surface area contributed by atoms with Crippen LogP contribution in [0.4, 0.5) is 5.69 Å². The third-order valence-electron chi connectivity index (χ3n) is 3.73. The van der Waals surface area contributed by atoms with Gasteiger partial charge in [-0.1, -0.05) is 13.8 Å². The summed E-state index contributed by atoms with van der Waals surface area (Å²) in [6.45, 7) is 15.8. The number of anilines is 1. The van der Waals surface area contributed by atoms with Crippen LogP contribution in [0.25, 0.3) is 0 Å². The van der Waals surface area contributed by atoms with Gasteiger partial charge in [0.1, 0.15) is 11.8 Å². The van der Waals surface area contributed by atoms with Crippen molar-refractivity contribution in [3.8, 4) is 5.75 Å². The number of ether oxygens (including phenoxy) is 1. The van der Waals surface area contributed by atoms with E-state index in [1.165, 1.54) is 7.11 Å². The molecule has 35 heavy (non-hydrogen) atoms. The first-order valence-corrected chi connectivity index (χ1v) is 20.6. The smallest absolute Gasteiger partial charge is 0.492 e. The lowest BCUT2D eigenvalue weighted by atomic mass is 10.0. The van der Waals surface area contributed by atoms with Crippen molar-refractivity contribution in [1.82, 2.24) is 5.32 Å². The number of aromatic hydroxyl groups is 1. The van der Waals surface area contributed by atoms with Crippen molar-refractivity contribution >= 4 is 37.1 Å². The van der Waals surface area contributed by atoms with Crippen molar-refractivity contribution in [3.63, 3.8) is 0 Å². The van der Waals surface area contributed by atoms with Crippen LogP contribution in [0.5, 0.6) is 5.75 Å². The second-order valence-electron chi connectivity index (χ2n) is 10.6. The van der Waals surface area contributed by atoms with E-state index in [1.54, 1.807) is 18.2 Å². The Morgan fingerprint density at radius 2 is 1.46 bits per heavy atom. The SMILES string of the molecule is COC(=O)C(NCc1cc(NCCC[Si](O)(O)O)ccc1O)C(C)C.C[Si](C)(C)O.C[Si](C)(C)O. The van der Waals surface area contributed by atoms with Crippen LogP contribution in [-0.2, 0) is 16.1 Å². The number of carbonyl (C=O) groups is 1. The van der Waals surface area contributed by atoms with Gasteiger partial charge in [0.2, 0.25) is 0 Å². The second kappa shape index (κ2) is 16.4. The molecule has 0 aromatic heterocycles. The molecule has 0 radical (unpaired) electrons. The van der Waals surface area contributed by atoms with E-state index in [4.69, 9.17) is 28.7 Å². The molecule has 206 valence electrons. The predicted molar refractivity (Wildman–Crippen MR) is 147 cm³/mol. The van der Waals surface area contributed by atoms with Gasteiger partial charge in [-0.05, 0) is 69.8 Å². The number of methoxy groups -OCH3 is 1. The van der Waals surface area contributed by atoms with Crippen LogP contribution in [0.2, 0.25) is 45.3 Å². The van der Waals surface area contributed by atoms with Crippen molar-refractivity contribution in [3.05, 3.63) is 23.8 Å². The maximum Gasteiger partial charge on any atom is 0.492 e. The van der Waals surface area contributed by atoms with Gasteiger partial charge in [-0.2, -0.15) is 0 Å². The highest BCUT2D eigenvalue weighted by Crippen LogP contribution is 2.22. The van der Waals surface area contributed by atoms with Gasteiger partial charge in [-0.3, -0.25) is 10.1 Å². The molecule has 1 aromatic carbocycles. The molecule has 1 aromatic rings. The van der Waals surface area contributed by atoms with Gasteiger partial charge in [-0.25, -0.2) is 0 Å². The first kappa shape index (κ1) is 35.9. The number of nitrogens with one attached hydrogen (secondary N) is 2. The Morgan fingerprint density at radius 3 is 1.86 bits per heavy atom. The number of benzene rings is 1. The molecule has 0 aliphatic rings. The van der Waals surface area contributed by atoms with E-state index in [0.717, 1.165) is 5.69 Å². The lowest BCUT2D eigenvalue weighted by Crippen LogP contribution is -2.41. The average molecular weight is 553 g/mol. The van der Waals surface area contributed by atoms with Crippen molar-refractivity contribution in [1.29, 1.82) is 0 Å². The van der Waals surface area contributed by atoms with Gasteiger partial charge in [0.05, 0.1) is 7.11 Å². The number of esters is 1. The van der Waals surface area contributed by atoms with E-state index in [2.05, 4.69) is 10.6 Å². The highest BCUT2D eigenvalue weighted by atomic mass is 28.4. The first-order chi connectivity index (χ1) is 15.6. The summed E-state index contributed by atoms with van der Waals surface area (Å²) in [4.78, 5) is 56.0. The molecule has 0 heterocycles. The van der Waals surface area contributed by atoms with Crippen molar-refractivity contribution < 1.29 is 38.6 Å². The molecule has 8 N–H and O–H groups in total. The Labute approximate surface area is 213 Å². The van der Waals surface area contributed by atoms with Gasteiger partial charge in [-0.15, -0.1) is 0 Å². The average Bonchev–Trinajstić information content (AvgIpc) is 2.63. The number of carbonyl (C=O) groups excluding carboxylic acids is 1. The Kier molecular flexibility index (Phi) is 16.9. The minimum atomic E-state index is -4.00. The van der Waals surface area contributed by atoms with Gasteiger partial charge in [0, 0.05) is 30.4 Å². The molecular weight excluding hydrogens is 505 g/mol. The fraction of sp³-hybridized carbons (Fsp3) is 0.682. The minimum absolute atomic E-state index is 0.0378. The quantitative estimate of drug-likeness (QED) is 0.0929. The van der Waals surface area contributed by atoms with Crippen molar-refractivity contribution in [2.45, 2.75) is 78.2 Å². The summed E-state index contributed by atoms with van der Waals surface area (Å²) in [6, 6.07) is 4.48. The third-order valence-corrected chi connectivity index (χ3v) is 4.76. The van der Waals surface area contributed by atoms with Gasteiger partial charge >= 0.3 is 14.8 Å². The topological polar surface area (TPSA) is 172 Å². The summed E-state index contributed by atoms with van der Waals surface area (Å²) in [5, 5.41) is 16.2. The van der Waals surface area contributed by atoms with Crippen LogP contribution in [0.3, 0.4) is 0 Å². The highest BCUT2D eigenvalue weighted by molar-refractivity contribution is 6.68. The van der Waals surface area contributed by atoms with Crippen molar-refractivity contribution in [2.24, 2.45) is 5.92 Å². The predicted octanol–water partition coefficient (Wildman–Crippen LogP) is 2.02. The molecule has 1 rings (SSSR count). The van der Waals surface area contributed by atoms with Crippen LogP contribution in [0.15, 0.2) is 18.2 Å². The van der Waals surface area contributed by atoms with Crippen LogP contribution < -0.4 is 10.6 Å². The summed E-state index contributed by atoms with van der Waals surface area (Å²) in [5.74, 6) is -0.206. The number of phenols is 1. The van der Waals surface area contributed by atoms with Crippen LogP contribution in [0, 0.1) is 5.92 Å². The van der Waals surface area contributed by atoms with E-state index >= 15 is 0 Å². The van der Waals surface area contributed by atoms with E-state index in [-0.39, 0.29) is 23.7 Å². The molecule has 0 fully saturated rings. The van der Waals surface area contributed by atoms with Crippen molar-refractivity contribution in [2.75, 3.05) is 19.0 Å². The van der Waals surface area contributed by atoms with E-state index in [1.807, 2.05) is 53.1 Å². The lowest BCUT2D eigenvalue weighted by molar-refractivity contribution is -0.144. The summed E-state index contributed by atoms with van der Waals surface area (Å²) >= 11 is 0. The van der Waals surface area contributed by atoms with Crippen LogP contribution in [0.1, 0.15) is 25.8 Å². The number of hydrogen-bond acceptors (Lipinski definition) is 10. The maximum atomic E-state index is 11.8. The molecule has 0 bridgehead atoms. The molecule has 13 heteroatoms. The number of phenolic OH excluding ortho intramolecular Hbond substituents is 1. The molecule has 0 saturated heterocycles. The molecule has 0 saturated carbocycles. The summed E-state index contributed by atoms with van der Waals surface area (Å²) in [5.41, 5.74) is 1.37. The standard InChI is InChI=1S/C16H28N2O6Si.2C3H10OSi/c1-11(2)15(16(20)24-3)18-10-12-9-13(5-6-14(12)19)17-7-4-8-25(21,22)23;2*1-5(2,3)4/h5-6,9,11,15,17-19,21-23H,4,7-8,10H2,1-3H3;2*4H,1-3H3.